The minimum absolute atomic E-state index is 0.0466. The van der Waals surface area contributed by atoms with Crippen LogP contribution in [0.25, 0.3) is 0 Å². The minimum Gasteiger partial charge on any atom is -0.477 e. The normalized spacial score (nSPS) is 22.8. The van der Waals surface area contributed by atoms with Crippen molar-refractivity contribution in [2.75, 3.05) is 26.9 Å². The number of fused-ring (bicyclic) bond motifs is 1. The minimum atomic E-state index is -1.07. The Morgan fingerprint density at radius 3 is 2.94 bits per heavy atom. The van der Waals surface area contributed by atoms with Crippen molar-refractivity contribution in [1.29, 1.82) is 0 Å². The Labute approximate surface area is 103 Å². The zero-order valence-electron chi connectivity index (χ0n) is 9.34. The van der Waals surface area contributed by atoms with Gasteiger partial charge in [-0.25, -0.2) is 4.79 Å². The summed E-state index contributed by atoms with van der Waals surface area (Å²) in [6.45, 7) is 1.09. The number of amides is 1. The van der Waals surface area contributed by atoms with Gasteiger partial charge < -0.3 is 14.6 Å². The molecule has 0 saturated carbocycles. The molecule has 2 rings (SSSR count). The molecule has 2 heterocycles. The topological polar surface area (TPSA) is 76.1 Å². The predicted molar refractivity (Wildman–Crippen MR) is 60.2 cm³/mol. The first-order valence-electron chi connectivity index (χ1n) is 5.17. The number of carboxylic acids is 1. The maximum Gasteiger partial charge on any atom is 0.353 e. The number of hydrogen-bond donors (Lipinski definition) is 1. The molecule has 0 spiro atoms. The fourth-order valence-electron chi connectivity index (χ4n) is 1.74. The van der Waals surface area contributed by atoms with Crippen LogP contribution in [0.15, 0.2) is 10.6 Å². The molecule has 0 radical (unpaired) electrons. The number of thioether (sulfide) groups is 1. The summed E-state index contributed by atoms with van der Waals surface area (Å²) in [5.74, 6) is -1.20. The molecule has 94 valence electrons. The SMILES string of the molecule is COCCOCC1=C(C(=O)O)N2C(=O)C[C@@H]2S1. The molecule has 7 heteroatoms. The average molecular weight is 259 g/mol. The van der Waals surface area contributed by atoms with Gasteiger partial charge in [-0.1, -0.05) is 11.8 Å². The second-order valence-corrected chi connectivity index (χ2v) is 4.94. The Hall–Kier alpha value is -1.05. The first kappa shape index (κ1) is 12.4. The second-order valence-electron chi connectivity index (χ2n) is 3.66. The molecule has 2 aliphatic rings. The maximum atomic E-state index is 11.3. The molecule has 6 nitrogen and oxygen atoms in total. The Bertz CT molecular complexity index is 381. The van der Waals surface area contributed by atoms with E-state index in [1.54, 1.807) is 7.11 Å². The van der Waals surface area contributed by atoms with E-state index in [-0.39, 0.29) is 23.6 Å². The number of nitrogens with zero attached hydrogens (tertiary/aromatic N) is 1. The summed E-state index contributed by atoms with van der Waals surface area (Å²) in [7, 11) is 1.57. The van der Waals surface area contributed by atoms with Crippen LogP contribution in [-0.2, 0) is 19.1 Å². The highest BCUT2D eigenvalue weighted by Crippen LogP contribution is 2.45. The van der Waals surface area contributed by atoms with Gasteiger partial charge in [-0.05, 0) is 0 Å². The van der Waals surface area contributed by atoms with E-state index in [2.05, 4.69) is 0 Å². The van der Waals surface area contributed by atoms with Crippen LogP contribution in [0.2, 0.25) is 0 Å². The summed E-state index contributed by atoms with van der Waals surface area (Å²) in [6.07, 6.45) is 0.406. The first-order chi connectivity index (χ1) is 8.15. The van der Waals surface area contributed by atoms with Crippen molar-refractivity contribution in [3.8, 4) is 0 Å². The summed E-state index contributed by atoms with van der Waals surface area (Å²) in [4.78, 5) is 24.3. The van der Waals surface area contributed by atoms with Crippen LogP contribution in [0.5, 0.6) is 0 Å². The van der Waals surface area contributed by atoms with E-state index < -0.39 is 5.97 Å². The van der Waals surface area contributed by atoms with Gasteiger partial charge in [0.05, 0.1) is 31.6 Å². The summed E-state index contributed by atoms with van der Waals surface area (Å²) >= 11 is 1.40. The van der Waals surface area contributed by atoms with Crippen molar-refractivity contribution < 1.29 is 24.2 Å². The van der Waals surface area contributed by atoms with Gasteiger partial charge in [-0.2, -0.15) is 0 Å². The molecule has 1 amide bonds. The Balaban J connectivity index is 1.99. The number of aliphatic carboxylic acids is 1. The van der Waals surface area contributed by atoms with Gasteiger partial charge >= 0.3 is 5.97 Å². The largest absolute Gasteiger partial charge is 0.477 e. The summed E-state index contributed by atoms with van der Waals surface area (Å²) < 4.78 is 10.1. The molecule has 0 aromatic carbocycles. The maximum absolute atomic E-state index is 11.3. The highest BCUT2D eigenvalue weighted by atomic mass is 32.2. The zero-order chi connectivity index (χ0) is 12.4. The standard InChI is InChI=1S/C10H13NO5S/c1-15-2-3-16-5-6-9(10(13)14)11-7(12)4-8(11)17-6/h8H,2-5H2,1H3,(H,13,14)/t8-/m0/s1. The Morgan fingerprint density at radius 2 is 2.35 bits per heavy atom. The molecule has 1 saturated heterocycles. The molecule has 1 fully saturated rings. The lowest BCUT2D eigenvalue weighted by Gasteiger charge is -2.33. The van der Waals surface area contributed by atoms with Crippen molar-refractivity contribution in [3.63, 3.8) is 0 Å². The first-order valence-corrected chi connectivity index (χ1v) is 6.05. The van der Waals surface area contributed by atoms with Crippen LogP contribution < -0.4 is 0 Å². The quantitative estimate of drug-likeness (QED) is 0.544. The lowest BCUT2D eigenvalue weighted by atomic mass is 10.1. The summed E-state index contributed by atoms with van der Waals surface area (Å²) in [6, 6.07) is 0. The van der Waals surface area contributed by atoms with Gasteiger partial charge in [0.25, 0.3) is 0 Å². The van der Waals surface area contributed by atoms with Crippen LogP contribution in [-0.4, -0.2) is 54.2 Å². The molecule has 1 N–H and O–H groups in total. The number of carbonyl (C=O) groups excluding carboxylic acids is 1. The number of carboxylic acid groups (broad SMARTS) is 1. The Morgan fingerprint density at radius 1 is 1.59 bits per heavy atom. The van der Waals surface area contributed by atoms with E-state index in [4.69, 9.17) is 14.6 Å². The molecule has 0 aromatic rings. The molecule has 1 atom stereocenters. The van der Waals surface area contributed by atoms with E-state index >= 15 is 0 Å². The number of hydrogen-bond acceptors (Lipinski definition) is 5. The van der Waals surface area contributed by atoms with Gasteiger partial charge in [-0.15, -0.1) is 0 Å². The van der Waals surface area contributed by atoms with Crippen molar-refractivity contribution in [1.82, 2.24) is 4.90 Å². The zero-order valence-corrected chi connectivity index (χ0v) is 10.2. The molecule has 0 bridgehead atoms. The van der Waals surface area contributed by atoms with E-state index in [1.165, 1.54) is 16.7 Å². The fraction of sp³-hybridized carbons (Fsp3) is 0.600. The number of β-lactam (4-membered cyclic amide) rings is 1. The number of ether oxygens (including phenoxy) is 2. The van der Waals surface area contributed by atoms with Gasteiger partial charge in [0.1, 0.15) is 5.70 Å². The van der Waals surface area contributed by atoms with Crippen LogP contribution in [0.4, 0.5) is 0 Å². The highest BCUT2D eigenvalue weighted by Gasteiger charge is 2.48. The third kappa shape index (κ3) is 2.31. The van der Waals surface area contributed by atoms with Crippen molar-refractivity contribution in [2.24, 2.45) is 0 Å². The van der Waals surface area contributed by atoms with Crippen LogP contribution >= 0.6 is 11.8 Å². The third-order valence-electron chi connectivity index (χ3n) is 2.56. The van der Waals surface area contributed by atoms with Gasteiger partial charge in [0.15, 0.2) is 0 Å². The molecule has 2 aliphatic heterocycles. The lowest BCUT2D eigenvalue weighted by Crippen LogP contribution is -2.48. The van der Waals surface area contributed by atoms with E-state index in [0.29, 0.717) is 24.5 Å². The van der Waals surface area contributed by atoms with Crippen LogP contribution in [0.3, 0.4) is 0 Å². The van der Waals surface area contributed by atoms with E-state index in [1.807, 2.05) is 0 Å². The van der Waals surface area contributed by atoms with E-state index in [9.17, 15) is 9.59 Å². The van der Waals surface area contributed by atoms with Crippen molar-refractivity contribution in [2.45, 2.75) is 11.8 Å². The fourth-order valence-corrected chi connectivity index (χ4v) is 3.07. The van der Waals surface area contributed by atoms with Gasteiger partial charge in [0, 0.05) is 12.0 Å². The molecular formula is C10H13NO5S. The highest BCUT2D eigenvalue weighted by molar-refractivity contribution is 8.04. The van der Waals surface area contributed by atoms with Gasteiger partial charge in [-0.3, -0.25) is 9.69 Å². The molecular weight excluding hydrogens is 246 g/mol. The van der Waals surface area contributed by atoms with Crippen molar-refractivity contribution >= 4 is 23.6 Å². The third-order valence-corrected chi connectivity index (χ3v) is 3.80. The smallest absolute Gasteiger partial charge is 0.353 e. The van der Waals surface area contributed by atoms with Crippen LogP contribution in [0.1, 0.15) is 6.42 Å². The molecule has 0 unspecified atom stereocenters. The lowest BCUT2D eigenvalue weighted by molar-refractivity contribution is -0.145. The van der Waals surface area contributed by atoms with Crippen LogP contribution in [0, 0.1) is 0 Å². The number of methoxy groups -OCH3 is 1. The average Bonchev–Trinajstić information content (AvgIpc) is 2.57. The summed E-state index contributed by atoms with van der Waals surface area (Å²) in [5, 5.41) is 9.03. The van der Waals surface area contributed by atoms with E-state index in [0.717, 1.165) is 0 Å². The Kier molecular flexibility index (Phi) is 3.70. The molecule has 0 aromatic heterocycles. The molecule has 0 aliphatic carbocycles. The summed E-state index contributed by atoms with van der Waals surface area (Å²) in [5.41, 5.74) is 0.0775. The number of rotatable bonds is 6. The van der Waals surface area contributed by atoms with Crippen molar-refractivity contribution in [3.05, 3.63) is 10.6 Å². The second kappa shape index (κ2) is 5.07. The van der Waals surface area contributed by atoms with Gasteiger partial charge in [0.2, 0.25) is 5.91 Å². The number of carbonyl (C=O) groups is 2. The monoisotopic (exact) mass is 259 g/mol. The predicted octanol–water partition coefficient (Wildman–Crippen LogP) is 0.251. The molecule has 17 heavy (non-hydrogen) atoms.